The molecule has 0 saturated heterocycles. The lowest BCUT2D eigenvalue weighted by Crippen LogP contribution is -2.20. The molecule has 0 spiro atoms. The Bertz CT molecular complexity index is 585. The quantitative estimate of drug-likeness (QED) is 0.0606. The van der Waals surface area contributed by atoms with Gasteiger partial charge >= 0.3 is 17.9 Å². The molecule has 0 aliphatic heterocycles. The summed E-state index contributed by atoms with van der Waals surface area (Å²) < 4.78 is 9.40. The lowest BCUT2D eigenvalue weighted by atomic mass is 10.0. The Balaban J connectivity index is 3.92. The van der Waals surface area contributed by atoms with Gasteiger partial charge in [-0.15, -0.1) is 0 Å². The van der Waals surface area contributed by atoms with Crippen molar-refractivity contribution in [1.82, 2.24) is 0 Å². The number of carbonyl (C=O) groups is 4. The molecular weight excluding hydrogens is 410 g/mol. The minimum atomic E-state index is -1.01. The molecule has 0 rings (SSSR count). The first-order chi connectivity index (χ1) is 15.4. The third-order valence-electron chi connectivity index (χ3n) is 5.10. The summed E-state index contributed by atoms with van der Waals surface area (Å²) in [5, 5.41) is 0. The second-order valence-corrected chi connectivity index (χ2v) is 8.28. The third-order valence-corrected chi connectivity index (χ3v) is 5.10. The number of ketones is 1. The Morgan fingerprint density at radius 1 is 0.625 bits per heavy atom. The van der Waals surface area contributed by atoms with E-state index in [1.807, 2.05) is 0 Å². The number of nitrogens with zero attached hydrogens (tertiary/aromatic N) is 1. The van der Waals surface area contributed by atoms with Crippen LogP contribution in [-0.4, -0.2) is 36.1 Å². The number of rotatable bonds is 19. The van der Waals surface area contributed by atoms with Crippen LogP contribution in [0.2, 0.25) is 0 Å². The minimum Gasteiger partial charge on any atom is -0.406 e. The van der Waals surface area contributed by atoms with Gasteiger partial charge in [-0.2, -0.15) is 0 Å². The summed E-state index contributed by atoms with van der Waals surface area (Å²) >= 11 is 0. The zero-order valence-corrected chi connectivity index (χ0v) is 20.4. The molecule has 0 aromatic heterocycles. The van der Waals surface area contributed by atoms with E-state index in [9.17, 15) is 19.2 Å². The normalized spacial score (nSPS) is 11.3. The fourth-order valence-corrected chi connectivity index (χ4v) is 3.27. The molecule has 0 fully saturated rings. The van der Waals surface area contributed by atoms with Gasteiger partial charge in [-0.25, -0.2) is 4.79 Å². The van der Waals surface area contributed by atoms with Gasteiger partial charge < -0.3 is 9.47 Å². The first-order valence-electron chi connectivity index (χ1n) is 12.3. The van der Waals surface area contributed by atoms with Crippen molar-refractivity contribution in [2.24, 2.45) is 4.99 Å². The van der Waals surface area contributed by atoms with E-state index in [-0.39, 0.29) is 18.7 Å². The van der Waals surface area contributed by atoms with Gasteiger partial charge in [0.1, 0.15) is 0 Å². The van der Waals surface area contributed by atoms with Gasteiger partial charge in [0.25, 0.3) is 0 Å². The zero-order chi connectivity index (χ0) is 24.0. The topological polar surface area (TPSA) is 99.1 Å². The molecule has 0 saturated carbocycles. The van der Waals surface area contributed by atoms with Crippen LogP contribution in [0.1, 0.15) is 124 Å². The van der Waals surface area contributed by atoms with Crippen molar-refractivity contribution in [1.29, 1.82) is 0 Å². The lowest BCUT2D eigenvalue weighted by molar-refractivity contribution is -0.158. The number of esters is 3. The van der Waals surface area contributed by atoms with E-state index in [0.717, 1.165) is 33.1 Å². The average Bonchev–Trinajstić information content (AvgIpc) is 2.73. The largest absolute Gasteiger partial charge is 0.406 e. The molecule has 0 heterocycles. The molecule has 0 aromatic carbocycles. The van der Waals surface area contributed by atoms with Crippen molar-refractivity contribution in [3.63, 3.8) is 0 Å². The van der Waals surface area contributed by atoms with Crippen LogP contribution in [0.5, 0.6) is 0 Å². The first-order valence-corrected chi connectivity index (χ1v) is 12.3. The fraction of sp³-hybridized carbons (Fsp3) is 0.800. The van der Waals surface area contributed by atoms with Gasteiger partial charge in [0.05, 0.1) is 6.42 Å². The SMILES string of the molecule is CCCCCCCCCCCCCCCCN=C(CCC(=O)OC(C)=O)OC(=O)C(C)=O. The molecule has 32 heavy (non-hydrogen) atoms. The highest BCUT2D eigenvalue weighted by Crippen LogP contribution is 2.13. The van der Waals surface area contributed by atoms with E-state index in [1.54, 1.807) is 0 Å². The third kappa shape index (κ3) is 19.9. The maximum Gasteiger partial charge on any atom is 0.380 e. The molecule has 0 N–H and O–H groups in total. The molecule has 0 unspecified atom stereocenters. The van der Waals surface area contributed by atoms with Crippen molar-refractivity contribution < 1.29 is 28.7 Å². The Morgan fingerprint density at radius 3 is 1.53 bits per heavy atom. The number of ether oxygens (including phenoxy) is 2. The second kappa shape index (κ2) is 20.8. The number of carbonyl (C=O) groups excluding carboxylic acids is 4. The van der Waals surface area contributed by atoms with Gasteiger partial charge in [-0.1, -0.05) is 90.4 Å². The number of aliphatic imine (C=N–C) groups is 1. The molecule has 0 amide bonds. The summed E-state index contributed by atoms with van der Waals surface area (Å²) in [4.78, 5) is 49.1. The summed E-state index contributed by atoms with van der Waals surface area (Å²) in [6, 6.07) is 0. The van der Waals surface area contributed by atoms with Crippen LogP contribution in [0.4, 0.5) is 0 Å². The van der Waals surface area contributed by atoms with E-state index in [0.29, 0.717) is 6.54 Å². The van der Waals surface area contributed by atoms with E-state index in [1.165, 1.54) is 70.6 Å². The summed E-state index contributed by atoms with van der Waals surface area (Å²) in [7, 11) is 0. The molecule has 7 heteroatoms. The summed E-state index contributed by atoms with van der Waals surface area (Å²) in [6.45, 7) is 4.95. The molecule has 184 valence electrons. The Morgan fingerprint density at radius 2 is 1.09 bits per heavy atom. The molecular formula is C25H43NO6. The molecule has 7 nitrogen and oxygen atoms in total. The number of hydrogen-bond donors (Lipinski definition) is 0. The minimum absolute atomic E-state index is 0.00371. The van der Waals surface area contributed by atoms with Crippen LogP contribution in [0.25, 0.3) is 0 Å². The average molecular weight is 454 g/mol. The lowest BCUT2D eigenvalue weighted by Gasteiger charge is -2.07. The van der Waals surface area contributed by atoms with Crippen molar-refractivity contribution in [2.75, 3.05) is 6.54 Å². The highest BCUT2D eigenvalue weighted by molar-refractivity contribution is 6.34. The van der Waals surface area contributed by atoms with Crippen LogP contribution in [0, 0.1) is 0 Å². The van der Waals surface area contributed by atoms with Crippen molar-refractivity contribution in [2.45, 2.75) is 124 Å². The van der Waals surface area contributed by atoms with E-state index in [2.05, 4.69) is 16.7 Å². The van der Waals surface area contributed by atoms with E-state index >= 15 is 0 Å². The highest BCUT2D eigenvalue weighted by Gasteiger charge is 2.16. The summed E-state index contributed by atoms with van der Waals surface area (Å²) in [5.41, 5.74) is 0. The summed E-state index contributed by atoms with van der Waals surface area (Å²) in [6.07, 6.45) is 17.5. The van der Waals surface area contributed by atoms with Crippen molar-refractivity contribution >= 4 is 29.6 Å². The molecule has 0 aromatic rings. The predicted octanol–water partition coefficient (Wildman–Crippen LogP) is 5.87. The Kier molecular flexibility index (Phi) is 19.5. The fourth-order valence-electron chi connectivity index (χ4n) is 3.27. The molecule has 0 radical (unpaired) electrons. The highest BCUT2D eigenvalue weighted by atomic mass is 16.6. The van der Waals surface area contributed by atoms with Crippen LogP contribution >= 0.6 is 0 Å². The van der Waals surface area contributed by atoms with E-state index < -0.39 is 23.7 Å². The molecule has 0 aliphatic carbocycles. The molecule has 0 atom stereocenters. The Hall–Kier alpha value is -2.05. The number of unbranched alkanes of at least 4 members (excludes halogenated alkanes) is 13. The van der Waals surface area contributed by atoms with Gasteiger partial charge in [-0.05, 0) is 6.42 Å². The van der Waals surface area contributed by atoms with Gasteiger partial charge in [-0.3, -0.25) is 19.4 Å². The van der Waals surface area contributed by atoms with Crippen molar-refractivity contribution in [3.05, 3.63) is 0 Å². The van der Waals surface area contributed by atoms with Crippen LogP contribution < -0.4 is 0 Å². The number of Topliss-reactive ketones (excluding diaryl/α,β-unsaturated/α-hetero) is 1. The second-order valence-electron chi connectivity index (χ2n) is 8.28. The maximum atomic E-state index is 11.5. The predicted molar refractivity (Wildman–Crippen MR) is 125 cm³/mol. The van der Waals surface area contributed by atoms with E-state index in [4.69, 9.17) is 4.74 Å². The van der Waals surface area contributed by atoms with Crippen LogP contribution in [-0.2, 0) is 28.7 Å². The zero-order valence-electron chi connectivity index (χ0n) is 20.4. The first kappa shape index (κ1) is 29.9. The van der Waals surface area contributed by atoms with Gasteiger partial charge in [0, 0.05) is 26.8 Å². The molecule has 0 bridgehead atoms. The van der Waals surface area contributed by atoms with Crippen LogP contribution in [0.3, 0.4) is 0 Å². The monoisotopic (exact) mass is 453 g/mol. The summed E-state index contributed by atoms with van der Waals surface area (Å²) in [5.74, 6) is -3.14. The van der Waals surface area contributed by atoms with Crippen LogP contribution in [0.15, 0.2) is 4.99 Å². The number of hydrogen-bond acceptors (Lipinski definition) is 7. The smallest absolute Gasteiger partial charge is 0.380 e. The molecule has 0 aliphatic rings. The standard InChI is InChI=1S/C25H43NO6/c1-4-5-6-7-8-9-10-11-12-13-14-15-16-17-20-26-23(32-25(30)21(2)27)18-19-24(29)31-22(3)28/h4-20H2,1-3H3. The van der Waals surface area contributed by atoms with Gasteiger partial charge in [0.2, 0.25) is 5.78 Å². The van der Waals surface area contributed by atoms with Crippen molar-refractivity contribution in [3.8, 4) is 0 Å². The maximum absolute atomic E-state index is 11.5. The Labute approximate surface area is 193 Å². The van der Waals surface area contributed by atoms with Gasteiger partial charge in [0.15, 0.2) is 5.90 Å².